The summed E-state index contributed by atoms with van der Waals surface area (Å²) in [5, 5.41) is 8.65. The van der Waals surface area contributed by atoms with Crippen LogP contribution < -0.4 is 4.74 Å². The Morgan fingerprint density at radius 1 is 1.22 bits per heavy atom. The molecule has 0 radical (unpaired) electrons. The number of carboxylic acids is 1. The van der Waals surface area contributed by atoms with Crippen molar-refractivity contribution < 1.29 is 38.7 Å². The number of hydrogen-bond donors (Lipinski definition) is 1. The van der Waals surface area contributed by atoms with Crippen molar-refractivity contribution in [1.29, 1.82) is 0 Å². The molecule has 1 atom stereocenters. The van der Waals surface area contributed by atoms with Crippen LogP contribution in [0.5, 0.6) is 5.75 Å². The number of rotatable bonds is 9. The van der Waals surface area contributed by atoms with Crippen LogP contribution in [-0.2, 0) is 28.8 Å². The minimum atomic E-state index is -1.04. The van der Waals surface area contributed by atoms with E-state index in [-0.39, 0.29) is 19.4 Å². The van der Waals surface area contributed by atoms with E-state index >= 15 is 0 Å². The fraction of sp³-hybridized carbons (Fsp3) is 0.583. The number of carbonyl (C=O) groups is 2. The lowest BCUT2D eigenvalue weighted by Gasteiger charge is -2.41. The van der Waals surface area contributed by atoms with Crippen LogP contribution in [-0.4, -0.2) is 47.8 Å². The fourth-order valence-corrected chi connectivity index (χ4v) is 3.73. The Morgan fingerprint density at radius 2 is 1.97 bits per heavy atom. The standard InChI is InChI=1S/C24H32O8/c1-17(20-15-29-24(32-31-20)12-5-4-6-13-24)18-8-7-9-19(14-18)30-23(2,3)16-28-22(27)11-10-21(25)26/h7-9,14,20H,1,4-6,10-13,15-16H2,2-3H3,(H,25,26). The predicted octanol–water partition coefficient (Wildman–Crippen LogP) is 4.27. The largest absolute Gasteiger partial charge is 0.484 e. The van der Waals surface area contributed by atoms with Crippen molar-refractivity contribution in [2.75, 3.05) is 13.2 Å². The lowest BCUT2D eigenvalue weighted by Crippen LogP contribution is -2.46. The Balaban J connectivity index is 1.53. The van der Waals surface area contributed by atoms with Gasteiger partial charge in [0.15, 0.2) is 0 Å². The average Bonchev–Trinajstić information content (AvgIpc) is 2.77. The van der Waals surface area contributed by atoms with Gasteiger partial charge in [-0.3, -0.25) is 9.59 Å². The van der Waals surface area contributed by atoms with E-state index in [4.69, 9.17) is 29.1 Å². The molecule has 176 valence electrons. The molecule has 0 amide bonds. The van der Waals surface area contributed by atoms with E-state index in [1.165, 1.54) is 6.42 Å². The van der Waals surface area contributed by atoms with E-state index < -0.39 is 29.4 Å². The molecule has 1 aliphatic carbocycles. The number of esters is 1. The second-order valence-electron chi connectivity index (χ2n) is 8.92. The van der Waals surface area contributed by atoms with E-state index in [0.717, 1.165) is 36.8 Å². The zero-order chi connectivity index (χ0) is 23.2. The molecule has 1 saturated heterocycles. The van der Waals surface area contributed by atoms with Gasteiger partial charge in [-0.1, -0.05) is 25.1 Å². The molecular formula is C24H32O8. The maximum Gasteiger partial charge on any atom is 0.306 e. The summed E-state index contributed by atoms with van der Waals surface area (Å²) in [4.78, 5) is 33.6. The predicted molar refractivity (Wildman–Crippen MR) is 116 cm³/mol. The molecule has 32 heavy (non-hydrogen) atoms. The van der Waals surface area contributed by atoms with Crippen molar-refractivity contribution in [2.45, 2.75) is 76.3 Å². The summed E-state index contributed by atoms with van der Waals surface area (Å²) in [6.45, 7) is 8.10. The number of ether oxygens (including phenoxy) is 3. The van der Waals surface area contributed by atoms with Gasteiger partial charge in [-0.2, -0.15) is 0 Å². The second kappa shape index (κ2) is 10.5. The monoisotopic (exact) mass is 448 g/mol. The molecule has 1 N–H and O–H groups in total. The Labute approximate surface area is 188 Å². The van der Waals surface area contributed by atoms with Crippen LogP contribution in [0.25, 0.3) is 5.57 Å². The number of aliphatic carboxylic acids is 1. The van der Waals surface area contributed by atoms with Crippen LogP contribution >= 0.6 is 0 Å². The van der Waals surface area contributed by atoms with Crippen LogP contribution in [0.1, 0.15) is 64.4 Å². The Kier molecular flexibility index (Phi) is 7.92. The zero-order valence-corrected chi connectivity index (χ0v) is 18.8. The van der Waals surface area contributed by atoms with E-state index in [1.807, 2.05) is 18.2 Å². The number of hydrogen-bond acceptors (Lipinski definition) is 7. The highest BCUT2D eigenvalue weighted by atomic mass is 17.2. The lowest BCUT2D eigenvalue weighted by atomic mass is 9.94. The number of carboxylic acid groups (broad SMARTS) is 1. The first kappa shape index (κ1) is 24.2. The molecule has 0 bridgehead atoms. The molecule has 8 nitrogen and oxygen atoms in total. The first-order valence-corrected chi connectivity index (χ1v) is 11.0. The van der Waals surface area contributed by atoms with Gasteiger partial charge in [-0.05, 0) is 50.0 Å². The Hall–Kier alpha value is -2.42. The van der Waals surface area contributed by atoms with E-state index in [1.54, 1.807) is 19.9 Å². The van der Waals surface area contributed by atoms with Gasteiger partial charge in [0.1, 0.15) is 24.1 Å². The molecule has 1 aliphatic heterocycles. The molecule has 3 rings (SSSR count). The molecule has 1 unspecified atom stereocenters. The van der Waals surface area contributed by atoms with Crippen LogP contribution in [0.3, 0.4) is 0 Å². The maximum atomic E-state index is 11.7. The van der Waals surface area contributed by atoms with E-state index in [0.29, 0.717) is 12.4 Å². The zero-order valence-electron chi connectivity index (χ0n) is 18.8. The molecule has 2 fully saturated rings. The van der Waals surface area contributed by atoms with Crippen LogP contribution in [0, 0.1) is 0 Å². The normalized spacial score (nSPS) is 20.5. The van der Waals surface area contributed by atoms with Crippen molar-refractivity contribution in [3.8, 4) is 5.75 Å². The third-order valence-electron chi connectivity index (χ3n) is 5.54. The maximum absolute atomic E-state index is 11.7. The van der Waals surface area contributed by atoms with Crippen LogP contribution in [0.4, 0.5) is 0 Å². The number of benzene rings is 1. The van der Waals surface area contributed by atoms with Crippen LogP contribution in [0.15, 0.2) is 30.8 Å². The van der Waals surface area contributed by atoms with Crippen molar-refractivity contribution >= 4 is 17.5 Å². The molecule has 1 heterocycles. The van der Waals surface area contributed by atoms with Gasteiger partial charge >= 0.3 is 11.9 Å². The fourth-order valence-electron chi connectivity index (χ4n) is 3.73. The molecule has 1 saturated carbocycles. The molecule has 0 aromatic heterocycles. The van der Waals surface area contributed by atoms with Gasteiger partial charge in [-0.15, -0.1) is 0 Å². The molecule has 1 aromatic carbocycles. The highest BCUT2D eigenvalue weighted by molar-refractivity contribution is 5.76. The minimum absolute atomic E-state index is 0.00781. The highest BCUT2D eigenvalue weighted by Crippen LogP contribution is 2.38. The van der Waals surface area contributed by atoms with Gasteiger partial charge in [0.05, 0.1) is 19.4 Å². The Morgan fingerprint density at radius 3 is 2.62 bits per heavy atom. The lowest BCUT2D eigenvalue weighted by molar-refractivity contribution is -0.483. The average molecular weight is 449 g/mol. The van der Waals surface area contributed by atoms with Crippen molar-refractivity contribution in [1.82, 2.24) is 0 Å². The third-order valence-corrected chi connectivity index (χ3v) is 5.54. The summed E-state index contributed by atoms with van der Waals surface area (Å²) in [6.07, 6.45) is 4.15. The second-order valence-corrected chi connectivity index (χ2v) is 8.92. The summed E-state index contributed by atoms with van der Waals surface area (Å²) < 4.78 is 17.2. The summed E-state index contributed by atoms with van der Waals surface area (Å²) >= 11 is 0. The summed E-state index contributed by atoms with van der Waals surface area (Å²) in [5.41, 5.74) is 0.743. The summed E-state index contributed by atoms with van der Waals surface area (Å²) in [6, 6.07) is 7.39. The first-order chi connectivity index (χ1) is 15.2. The summed E-state index contributed by atoms with van der Waals surface area (Å²) in [5.74, 6) is -1.65. The van der Waals surface area contributed by atoms with Gasteiger partial charge in [0.25, 0.3) is 0 Å². The van der Waals surface area contributed by atoms with Crippen molar-refractivity contribution in [3.05, 3.63) is 36.4 Å². The van der Waals surface area contributed by atoms with Crippen LogP contribution in [0.2, 0.25) is 0 Å². The third kappa shape index (κ3) is 6.79. The van der Waals surface area contributed by atoms with Gasteiger partial charge in [0, 0.05) is 12.8 Å². The Bertz CT molecular complexity index is 815. The number of carbonyl (C=O) groups excluding carboxylic acids is 1. The topological polar surface area (TPSA) is 101 Å². The van der Waals surface area contributed by atoms with Crippen molar-refractivity contribution in [3.63, 3.8) is 0 Å². The first-order valence-electron chi connectivity index (χ1n) is 11.0. The van der Waals surface area contributed by atoms with E-state index in [2.05, 4.69) is 6.58 Å². The SMILES string of the molecule is C=C(c1cccc(OC(C)(C)COC(=O)CCC(=O)O)c1)C1COC2(CCCCC2)OO1. The smallest absolute Gasteiger partial charge is 0.306 e. The molecule has 2 aliphatic rings. The highest BCUT2D eigenvalue weighted by Gasteiger charge is 2.41. The molecule has 1 spiro atoms. The molecule has 1 aromatic rings. The van der Waals surface area contributed by atoms with Crippen molar-refractivity contribution in [2.24, 2.45) is 0 Å². The van der Waals surface area contributed by atoms with Gasteiger partial charge in [0.2, 0.25) is 5.79 Å². The van der Waals surface area contributed by atoms with Gasteiger partial charge in [-0.25, -0.2) is 9.78 Å². The molecule has 8 heteroatoms. The quantitative estimate of drug-likeness (QED) is 0.441. The summed E-state index contributed by atoms with van der Waals surface area (Å²) in [7, 11) is 0. The van der Waals surface area contributed by atoms with E-state index in [9.17, 15) is 9.59 Å². The molecular weight excluding hydrogens is 416 g/mol. The minimum Gasteiger partial charge on any atom is -0.484 e. The van der Waals surface area contributed by atoms with Gasteiger partial charge < -0.3 is 19.3 Å².